The molecule has 1 aromatic rings. The normalized spacial score (nSPS) is 18.4. The quantitative estimate of drug-likeness (QED) is 0.693. The maximum absolute atomic E-state index is 11.8. The highest BCUT2D eigenvalue weighted by Crippen LogP contribution is 2.20. The minimum Gasteiger partial charge on any atom is -0.385 e. The molecule has 1 atom stereocenters. The van der Waals surface area contributed by atoms with E-state index in [1.807, 2.05) is 0 Å². The zero-order chi connectivity index (χ0) is 14.2. The van der Waals surface area contributed by atoms with Gasteiger partial charge in [-0.15, -0.1) is 0 Å². The van der Waals surface area contributed by atoms with Gasteiger partial charge in [0.05, 0.1) is 6.04 Å². The SMILES string of the molecule is COCCCCCNC(=O)c1noc(C2CCCN2)n1. The number of hydrogen-bond donors (Lipinski definition) is 2. The van der Waals surface area contributed by atoms with Crippen LogP contribution in [0.5, 0.6) is 0 Å². The number of aromatic nitrogens is 2. The summed E-state index contributed by atoms with van der Waals surface area (Å²) in [6.45, 7) is 2.33. The lowest BCUT2D eigenvalue weighted by molar-refractivity contribution is 0.0939. The third kappa shape index (κ3) is 4.28. The lowest BCUT2D eigenvalue weighted by Crippen LogP contribution is -2.25. The standard InChI is InChI=1S/C13H22N4O3/c1-19-9-4-2-3-7-15-12(18)11-16-13(20-17-11)10-6-5-8-14-10/h10,14H,2-9H2,1H3,(H,15,18). The molecule has 1 aliphatic rings. The van der Waals surface area contributed by atoms with Gasteiger partial charge in [0.25, 0.3) is 11.7 Å². The first-order valence-electron chi connectivity index (χ1n) is 7.15. The number of carbonyl (C=O) groups is 1. The minimum atomic E-state index is -0.273. The van der Waals surface area contributed by atoms with E-state index in [1.54, 1.807) is 7.11 Å². The van der Waals surface area contributed by atoms with Crippen LogP contribution in [-0.4, -0.2) is 42.9 Å². The molecule has 112 valence electrons. The molecule has 7 nitrogen and oxygen atoms in total. The number of amides is 1. The lowest BCUT2D eigenvalue weighted by Gasteiger charge is -2.02. The van der Waals surface area contributed by atoms with Crippen molar-refractivity contribution < 1.29 is 14.1 Å². The van der Waals surface area contributed by atoms with Gasteiger partial charge in [0.1, 0.15) is 0 Å². The topological polar surface area (TPSA) is 89.3 Å². The molecule has 1 unspecified atom stereocenters. The molecule has 0 radical (unpaired) electrons. The second-order valence-electron chi connectivity index (χ2n) is 4.91. The van der Waals surface area contributed by atoms with E-state index >= 15 is 0 Å². The van der Waals surface area contributed by atoms with Crippen molar-refractivity contribution in [1.82, 2.24) is 20.8 Å². The van der Waals surface area contributed by atoms with Gasteiger partial charge in [-0.2, -0.15) is 4.98 Å². The van der Waals surface area contributed by atoms with Crippen LogP contribution >= 0.6 is 0 Å². The van der Waals surface area contributed by atoms with Crippen LogP contribution < -0.4 is 10.6 Å². The molecule has 2 heterocycles. The summed E-state index contributed by atoms with van der Waals surface area (Å²) in [6.07, 6.45) is 5.02. The lowest BCUT2D eigenvalue weighted by atomic mass is 10.2. The molecule has 1 fully saturated rings. The number of nitrogens with zero attached hydrogens (tertiary/aromatic N) is 2. The van der Waals surface area contributed by atoms with Crippen molar-refractivity contribution >= 4 is 5.91 Å². The molecule has 1 aliphatic heterocycles. The average Bonchev–Trinajstić information content (AvgIpc) is 3.12. The summed E-state index contributed by atoms with van der Waals surface area (Å²) in [7, 11) is 1.69. The number of carbonyl (C=O) groups excluding carboxylic acids is 1. The van der Waals surface area contributed by atoms with Crippen molar-refractivity contribution in [3.63, 3.8) is 0 Å². The molecule has 7 heteroatoms. The summed E-state index contributed by atoms with van der Waals surface area (Å²) in [5, 5.41) is 9.78. The molecule has 0 bridgehead atoms. The summed E-state index contributed by atoms with van der Waals surface area (Å²) < 4.78 is 10.1. The number of rotatable bonds is 8. The molecule has 1 amide bonds. The molecule has 1 saturated heterocycles. The van der Waals surface area contributed by atoms with Gasteiger partial charge in [0.15, 0.2) is 0 Å². The van der Waals surface area contributed by atoms with E-state index in [0.717, 1.165) is 45.3 Å². The predicted octanol–water partition coefficient (Wildman–Crippen LogP) is 1.04. The fourth-order valence-corrected chi connectivity index (χ4v) is 2.19. The Balaban J connectivity index is 1.69. The van der Waals surface area contributed by atoms with E-state index in [4.69, 9.17) is 9.26 Å². The predicted molar refractivity (Wildman–Crippen MR) is 72.3 cm³/mol. The number of hydrogen-bond acceptors (Lipinski definition) is 6. The Bertz CT molecular complexity index is 416. The van der Waals surface area contributed by atoms with Gasteiger partial charge in [-0.05, 0) is 38.6 Å². The first kappa shape index (κ1) is 14.9. The van der Waals surface area contributed by atoms with Crippen molar-refractivity contribution in [2.24, 2.45) is 0 Å². The van der Waals surface area contributed by atoms with Crippen LogP contribution in [0, 0.1) is 0 Å². The van der Waals surface area contributed by atoms with Crippen LogP contribution in [-0.2, 0) is 4.74 Å². The Morgan fingerprint density at radius 1 is 1.50 bits per heavy atom. The Labute approximate surface area is 118 Å². The van der Waals surface area contributed by atoms with Gasteiger partial charge in [0.2, 0.25) is 5.89 Å². The molecule has 0 aliphatic carbocycles. The zero-order valence-electron chi connectivity index (χ0n) is 11.9. The third-order valence-corrected chi connectivity index (χ3v) is 3.31. The van der Waals surface area contributed by atoms with Crippen LogP contribution in [0.3, 0.4) is 0 Å². The van der Waals surface area contributed by atoms with Gasteiger partial charge in [-0.3, -0.25) is 4.79 Å². The first-order chi connectivity index (χ1) is 9.81. The maximum Gasteiger partial charge on any atom is 0.292 e. The number of nitrogens with one attached hydrogen (secondary N) is 2. The smallest absolute Gasteiger partial charge is 0.292 e. The van der Waals surface area contributed by atoms with Crippen LogP contribution in [0.1, 0.15) is 54.7 Å². The van der Waals surface area contributed by atoms with Gasteiger partial charge in [-0.1, -0.05) is 5.16 Å². The van der Waals surface area contributed by atoms with E-state index in [1.165, 1.54) is 0 Å². The van der Waals surface area contributed by atoms with Gasteiger partial charge >= 0.3 is 0 Å². The van der Waals surface area contributed by atoms with Crippen molar-refractivity contribution in [3.05, 3.63) is 11.7 Å². The largest absolute Gasteiger partial charge is 0.385 e. The van der Waals surface area contributed by atoms with E-state index in [9.17, 15) is 4.79 Å². The molecular formula is C13H22N4O3. The van der Waals surface area contributed by atoms with Gasteiger partial charge in [-0.25, -0.2) is 0 Å². The average molecular weight is 282 g/mol. The highest BCUT2D eigenvalue weighted by Gasteiger charge is 2.24. The van der Waals surface area contributed by atoms with Gasteiger partial charge < -0.3 is 19.9 Å². The van der Waals surface area contributed by atoms with Crippen molar-refractivity contribution in [2.45, 2.75) is 38.1 Å². The Morgan fingerprint density at radius 3 is 3.15 bits per heavy atom. The van der Waals surface area contributed by atoms with Crippen LogP contribution in [0.25, 0.3) is 0 Å². The molecule has 20 heavy (non-hydrogen) atoms. The molecule has 0 aromatic carbocycles. The number of ether oxygens (including phenoxy) is 1. The van der Waals surface area contributed by atoms with Crippen molar-refractivity contribution in [3.8, 4) is 0 Å². The van der Waals surface area contributed by atoms with Crippen molar-refractivity contribution in [2.75, 3.05) is 26.8 Å². The molecule has 2 N–H and O–H groups in total. The zero-order valence-corrected chi connectivity index (χ0v) is 11.9. The van der Waals surface area contributed by atoms with Crippen LogP contribution in [0.15, 0.2) is 4.52 Å². The fourth-order valence-electron chi connectivity index (χ4n) is 2.19. The second kappa shape index (κ2) is 7.96. The Hall–Kier alpha value is -1.47. The van der Waals surface area contributed by atoms with E-state index < -0.39 is 0 Å². The van der Waals surface area contributed by atoms with E-state index in [0.29, 0.717) is 12.4 Å². The molecule has 1 aromatic heterocycles. The fraction of sp³-hybridized carbons (Fsp3) is 0.769. The third-order valence-electron chi connectivity index (χ3n) is 3.31. The minimum absolute atomic E-state index is 0.0955. The first-order valence-corrected chi connectivity index (χ1v) is 7.15. The van der Waals surface area contributed by atoms with Crippen molar-refractivity contribution in [1.29, 1.82) is 0 Å². The van der Waals surface area contributed by atoms with Gasteiger partial charge in [0, 0.05) is 20.3 Å². The summed E-state index contributed by atoms with van der Waals surface area (Å²) in [6, 6.07) is 0.0955. The van der Waals surface area contributed by atoms with E-state index in [-0.39, 0.29) is 17.8 Å². The van der Waals surface area contributed by atoms with Crippen LogP contribution in [0.2, 0.25) is 0 Å². The van der Waals surface area contributed by atoms with E-state index in [2.05, 4.69) is 20.8 Å². The number of methoxy groups -OCH3 is 1. The molecular weight excluding hydrogens is 260 g/mol. The summed E-state index contributed by atoms with van der Waals surface area (Å²) in [4.78, 5) is 16.0. The Kier molecular flexibility index (Phi) is 5.94. The van der Waals surface area contributed by atoms with Crippen LogP contribution in [0.4, 0.5) is 0 Å². The molecule has 0 saturated carbocycles. The maximum atomic E-state index is 11.8. The summed E-state index contributed by atoms with van der Waals surface area (Å²) >= 11 is 0. The highest BCUT2D eigenvalue weighted by molar-refractivity contribution is 5.90. The monoisotopic (exact) mass is 282 g/mol. The Morgan fingerprint density at radius 2 is 2.40 bits per heavy atom. The molecule has 0 spiro atoms. The second-order valence-corrected chi connectivity index (χ2v) is 4.91. The summed E-state index contributed by atoms with van der Waals surface area (Å²) in [5.41, 5.74) is 0. The number of unbranched alkanes of at least 4 members (excludes halogenated alkanes) is 2. The molecule has 2 rings (SSSR count). The summed E-state index contributed by atoms with van der Waals surface area (Å²) in [5.74, 6) is 0.350. The highest BCUT2D eigenvalue weighted by atomic mass is 16.5.